The van der Waals surface area contributed by atoms with Crippen LogP contribution in [0.5, 0.6) is 0 Å². The lowest BCUT2D eigenvalue weighted by molar-refractivity contribution is -0.137. The number of nitrogens with zero attached hydrogens (tertiary/aromatic N) is 2. The van der Waals surface area contributed by atoms with Gasteiger partial charge < -0.3 is 19.9 Å². The molecule has 0 saturated carbocycles. The topological polar surface area (TPSA) is 61.9 Å². The zero-order valence-electron chi connectivity index (χ0n) is 13.1. The first-order chi connectivity index (χ1) is 11.6. The third-order valence-corrected chi connectivity index (χ3v) is 4.59. The molecule has 2 heterocycles. The van der Waals surface area contributed by atoms with Gasteiger partial charge in [0.05, 0.1) is 23.8 Å². The van der Waals surface area contributed by atoms with Crippen molar-refractivity contribution >= 4 is 23.4 Å². The second kappa shape index (κ2) is 7.46. The molecule has 0 radical (unpaired) electrons. The molecule has 8 heteroatoms. The monoisotopic (exact) mass is 355 g/mol. The Morgan fingerprint density at radius 2 is 1.92 bits per heavy atom. The number of morpholine rings is 1. The molecule has 2 aliphatic rings. The molecule has 6 nitrogen and oxygen atoms in total. The summed E-state index contributed by atoms with van der Waals surface area (Å²) in [4.78, 5) is 28.1. The van der Waals surface area contributed by atoms with Crippen molar-refractivity contribution in [2.24, 2.45) is 0 Å². The van der Waals surface area contributed by atoms with Crippen LogP contribution in [0.1, 0.15) is 10.4 Å². The summed E-state index contributed by atoms with van der Waals surface area (Å²) in [6.07, 6.45) is 0. The van der Waals surface area contributed by atoms with Crippen molar-refractivity contribution in [3.05, 3.63) is 34.6 Å². The molecule has 1 aromatic rings. The number of piperazine rings is 1. The minimum atomic E-state index is -0.630. The van der Waals surface area contributed by atoms with Crippen LogP contribution >= 0.6 is 11.6 Å². The minimum Gasteiger partial charge on any atom is -0.378 e. The molecule has 0 aliphatic carbocycles. The highest BCUT2D eigenvalue weighted by Crippen LogP contribution is 2.21. The lowest BCUT2D eigenvalue weighted by atomic mass is 10.1. The van der Waals surface area contributed by atoms with Crippen LogP contribution in [0.3, 0.4) is 0 Å². The normalized spacial score (nSPS) is 21.7. The van der Waals surface area contributed by atoms with Gasteiger partial charge in [-0.2, -0.15) is 0 Å². The lowest BCUT2D eigenvalue weighted by Gasteiger charge is -2.37. The second-order valence-electron chi connectivity index (χ2n) is 5.80. The van der Waals surface area contributed by atoms with E-state index in [9.17, 15) is 14.0 Å². The van der Waals surface area contributed by atoms with Gasteiger partial charge in [0.1, 0.15) is 11.9 Å². The van der Waals surface area contributed by atoms with Crippen molar-refractivity contribution in [2.75, 3.05) is 45.9 Å². The molecule has 130 valence electrons. The maximum atomic E-state index is 13.9. The first-order valence-electron chi connectivity index (χ1n) is 7.91. The molecule has 1 N–H and O–H groups in total. The Hall–Kier alpha value is -1.70. The number of rotatable bonds is 2. The fraction of sp³-hybridized carbons (Fsp3) is 0.500. The number of amides is 2. The number of ether oxygens (including phenoxy) is 1. The summed E-state index contributed by atoms with van der Waals surface area (Å²) in [5.74, 6) is -1.09. The fourth-order valence-corrected chi connectivity index (χ4v) is 3.18. The van der Waals surface area contributed by atoms with Crippen molar-refractivity contribution in [3.63, 3.8) is 0 Å². The number of halogens is 2. The van der Waals surface area contributed by atoms with E-state index in [-0.39, 0.29) is 22.5 Å². The van der Waals surface area contributed by atoms with Gasteiger partial charge in [-0.05, 0) is 12.1 Å². The summed E-state index contributed by atoms with van der Waals surface area (Å²) in [7, 11) is 0. The molecule has 3 rings (SSSR count). The number of carbonyl (C=O) groups excluding carboxylic acids is 2. The van der Waals surface area contributed by atoms with E-state index in [1.165, 1.54) is 23.1 Å². The van der Waals surface area contributed by atoms with E-state index < -0.39 is 11.7 Å². The molecule has 1 aromatic carbocycles. The summed E-state index contributed by atoms with van der Waals surface area (Å²) in [6, 6.07) is 3.84. The Bertz CT molecular complexity index is 609. The minimum absolute atomic E-state index is 0.0225. The molecule has 2 fully saturated rings. The van der Waals surface area contributed by atoms with Crippen LogP contribution in [-0.4, -0.2) is 73.6 Å². The Kier molecular flexibility index (Phi) is 5.33. The highest BCUT2D eigenvalue weighted by molar-refractivity contribution is 6.33. The third kappa shape index (κ3) is 3.53. The Morgan fingerprint density at radius 3 is 2.54 bits per heavy atom. The summed E-state index contributed by atoms with van der Waals surface area (Å²) >= 11 is 5.95. The van der Waals surface area contributed by atoms with Gasteiger partial charge in [-0.3, -0.25) is 9.59 Å². The molecular formula is C16H19ClFN3O3. The molecule has 2 aliphatic heterocycles. The molecule has 0 aromatic heterocycles. The maximum absolute atomic E-state index is 13.9. The smallest absolute Gasteiger partial charge is 0.258 e. The lowest BCUT2D eigenvalue weighted by Crippen LogP contribution is -2.57. The van der Waals surface area contributed by atoms with Crippen molar-refractivity contribution in [3.8, 4) is 0 Å². The summed E-state index contributed by atoms with van der Waals surface area (Å²) in [5.41, 5.74) is -0.110. The van der Waals surface area contributed by atoms with Crippen LogP contribution in [0.2, 0.25) is 5.02 Å². The molecule has 0 bridgehead atoms. The Morgan fingerprint density at radius 1 is 1.21 bits per heavy atom. The predicted molar refractivity (Wildman–Crippen MR) is 86.5 cm³/mol. The molecule has 1 atom stereocenters. The molecule has 24 heavy (non-hydrogen) atoms. The van der Waals surface area contributed by atoms with E-state index in [1.54, 1.807) is 4.90 Å². The second-order valence-corrected chi connectivity index (χ2v) is 6.20. The van der Waals surface area contributed by atoms with Gasteiger partial charge in [0.25, 0.3) is 5.91 Å². The predicted octanol–water partition coefficient (Wildman–Crippen LogP) is 0.752. The van der Waals surface area contributed by atoms with Gasteiger partial charge in [-0.15, -0.1) is 0 Å². The standard InChI is InChI=1S/C16H19ClFN3O3/c17-11-2-1-3-12(18)14(11)16(23)21-7-5-20(6-8-21)15(22)13-10-24-9-4-19-13/h1-3,13,19H,4-10H2. The quantitative estimate of drug-likeness (QED) is 0.850. The summed E-state index contributed by atoms with van der Waals surface area (Å²) in [5, 5.41) is 3.23. The molecular weight excluding hydrogens is 337 g/mol. The van der Waals surface area contributed by atoms with E-state index in [0.29, 0.717) is 45.9 Å². The van der Waals surface area contributed by atoms with Gasteiger partial charge in [0.15, 0.2) is 0 Å². The van der Waals surface area contributed by atoms with E-state index in [2.05, 4.69) is 5.32 Å². The van der Waals surface area contributed by atoms with E-state index >= 15 is 0 Å². The third-order valence-electron chi connectivity index (χ3n) is 4.27. The summed E-state index contributed by atoms with van der Waals surface area (Å²) in [6.45, 7) is 3.15. The molecule has 0 spiro atoms. The number of hydrogen-bond acceptors (Lipinski definition) is 4. The van der Waals surface area contributed by atoms with Crippen LogP contribution in [0.15, 0.2) is 18.2 Å². The zero-order valence-corrected chi connectivity index (χ0v) is 13.9. The van der Waals surface area contributed by atoms with Gasteiger partial charge in [0, 0.05) is 32.7 Å². The van der Waals surface area contributed by atoms with Crippen molar-refractivity contribution in [1.82, 2.24) is 15.1 Å². The van der Waals surface area contributed by atoms with Crippen LogP contribution < -0.4 is 5.32 Å². The average molecular weight is 356 g/mol. The van der Waals surface area contributed by atoms with Crippen LogP contribution in [0.25, 0.3) is 0 Å². The number of benzene rings is 1. The first-order valence-corrected chi connectivity index (χ1v) is 8.29. The molecule has 1 unspecified atom stereocenters. The largest absolute Gasteiger partial charge is 0.378 e. The van der Waals surface area contributed by atoms with Crippen molar-refractivity contribution in [2.45, 2.75) is 6.04 Å². The summed E-state index contributed by atoms with van der Waals surface area (Å²) < 4.78 is 19.2. The first kappa shape index (κ1) is 17.1. The fourth-order valence-electron chi connectivity index (χ4n) is 2.93. The van der Waals surface area contributed by atoms with Gasteiger partial charge in [0.2, 0.25) is 5.91 Å². The highest BCUT2D eigenvalue weighted by Gasteiger charge is 2.31. The Balaban J connectivity index is 1.60. The van der Waals surface area contributed by atoms with Gasteiger partial charge >= 0.3 is 0 Å². The van der Waals surface area contributed by atoms with E-state index in [4.69, 9.17) is 16.3 Å². The number of carbonyl (C=O) groups is 2. The maximum Gasteiger partial charge on any atom is 0.258 e. The SMILES string of the molecule is O=C(c1c(F)cccc1Cl)N1CCN(C(=O)C2COCCN2)CC1. The average Bonchev–Trinajstić information content (AvgIpc) is 2.62. The van der Waals surface area contributed by atoms with Crippen LogP contribution in [0.4, 0.5) is 4.39 Å². The van der Waals surface area contributed by atoms with Crippen LogP contribution in [0, 0.1) is 5.82 Å². The Labute approximate surface area is 144 Å². The van der Waals surface area contributed by atoms with Gasteiger partial charge in [-0.25, -0.2) is 4.39 Å². The molecule has 2 amide bonds. The number of hydrogen-bond donors (Lipinski definition) is 1. The van der Waals surface area contributed by atoms with E-state index in [1.807, 2.05) is 0 Å². The van der Waals surface area contributed by atoms with Crippen molar-refractivity contribution < 1.29 is 18.7 Å². The van der Waals surface area contributed by atoms with Crippen LogP contribution in [-0.2, 0) is 9.53 Å². The van der Waals surface area contributed by atoms with E-state index in [0.717, 1.165) is 0 Å². The highest BCUT2D eigenvalue weighted by atomic mass is 35.5. The molecule has 2 saturated heterocycles. The van der Waals surface area contributed by atoms with Gasteiger partial charge in [-0.1, -0.05) is 17.7 Å². The zero-order chi connectivity index (χ0) is 17.1. The van der Waals surface area contributed by atoms with Crippen molar-refractivity contribution in [1.29, 1.82) is 0 Å². The number of nitrogens with one attached hydrogen (secondary N) is 1.